The van der Waals surface area contributed by atoms with Gasteiger partial charge >= 0.3 is 0 Å². The predicted octanol–water partition coefficient (Wildman–Crippen LogP) is 3.51. The highest BCUT2D eigenvalue weighted by Crippen LogP contribution is 2.34. The summed E-state index contributed by atoms with van der Waals surface area (Å²) in [7, 11) is 0. The number of hydrogen-bond donors (Lipinski definition) is 4. The average Bonchev–Trinajstić information content (AvgIpc) is 3.28. The number of aromatic nitrogens is 1. The number of carbonyl (C=O) groups excluding carboxylic acids is 3. The number of nitrogens with one attached hydrogen (secondary N) is 1. The number of primary amides is 1. The van der Waals surface area contributed by atoms with E-state index in [0.717, 1.165) is 11.0 Å². The molecular weight excluding hydrogens is 516 g/mol. The van der Waals surface area contributed by atoms with Crippen molar-refractivity contribution in [3.63, 3.8) is 0 Å². The number of halogens is 2. The lowest BCUT2D eigenvalue weighted by Crippen LogP contribution is -2.44. The van der Waals surface area contributed by atoms with Crippen molar-refractivity contribution in [2.45, 2.75) is 12.6 Å². The van der Waals surface area contributed by atoms with Crippen LogP contribution < -0.4 is 21.7 Å². The molecule has 1 atom stereocenters. The Morgan fingerprint density at radius 2 is 1.68 bits per heavy atom. The molecule has 194 valence electrons. The van der Waals surface area contributed by atoms with Crippen LogP contribution in [0.15, 0.2) is 72.8 Å². The Morgan fingerprint density at radius 3 is 2.29 bits per heavy atom. The number of carbonyl (C=O) groups is 3. The Bertz CT molecular complexity index is 1490. The lowest BCUT2D eigenvalue weighted by molar-refractivity contribution is -0.122. The van der Waals surface area contributed by atoms with E-state index in [1.807, 2.05) is 0 Å². The van der Waals surface area contributed by atoms with Crippen molar-refractivity contribution in [1.29, 1.82) is 0 Å². The fourth-order valence-electron chi connectivity index (χ4n) is 3.71. The summed E-state index contributed by atoms with van der Waals surface area (Å²) in [5.41, 5.74) is 11.6. The van der Waals surface area contributed by atoms with Gasteiger partial charge in [-0.2, -0.15) is 4.37 Å². The fraction of sp³-hybridized carbons (Fsp3) is 0.0769. The van der Waals surface area contributed by atoms with Gasteiger partial charge in [0.15, 0.2) is 5.69 Å². The number of nitrogens with zero attached hydrogens (tertiary/aromatic N) is 2. The topological polar surface area (TPSA) is 152 Å². The average molecular weight is 538 g/mol. The normalized spacial score (nSPS) is 11.5. The number of nitrogens with two attached hydrogens (primary N) is 2. The molecular formula is C26H21F2N5O4S. The molecule has 9 nitrogen and oxygen atoms in total. The molecule has 0 aliphatic carbocycles. The molecule has 0 aliphatic rings. The number of phenolic OH excluding ortho intramolecular Hbond substituents is 1. The second kappa shape index (κ2) is 11.0. The first-order chi connectivity index (χ1) is 18.2. The minimum absolute atomic E-state index is 0.00655. The molecule has 1 aromatic heterocycles. The smallest absolute Gasteiger partial charge is 0.273 e. The second-order valence-corrected chi connectivity index (χ2v) is 8.90. The van der Waals surface area contributed by atoms with E-state index in [1.54, 1.807) is 0 Å². The van der Waals surface area contributed by atoms with Gasteiger partial charge in [0, 0.05) is 12.2 Å². The van der Waals surface area contributed by atoms with Crippen LogP contribution in [0.3, 0.4) is 0 Å². The number of phenols is 1. The van der Waals surface area contributed by atoms with E-state index in [-0.39, 0.29) is 39.8 Å². The van der Waals surface area contributed by atoms with E-state index in [4.69, 9.17) is 11.5 Å². The molecule has 3 aromatic carbocycles. The maximum absolute atomic E-state index is 14.3. The number of benzene rings is 3. The van der Waals surface area contributed by atoms with Crippen LogP contribution >= 0.6 is 11.5 Å². The highest BCUT2D eigenvalue weighted by Gasteiger charge is 2.36. The molecule has 12 heteroatoms. The van der Waals surface area contributed by atoms with Crippen LogP contribution in [-0.2, 0) is 11.3 Å². The highest BCUT2D eigenvalue weighted by molar-refractivity contribution is 7.09. The number of nitrogen functional groups attached to an aromatic ring is 1. The summed E-state index contributed by atoms with van der Waals surface area (Å²) in [6.07, 6.45) is 0. The number of amides is 3. The third-order valence-electron chi connectivity index (χ3n) is 5.56. The first-order valence-corrected chi connectivity index (χ1v) is 11.9. The summed E-state index contributed by atoms with van der Waals surface area (Å²) < 4.78 is 31.5. The molecule has 0 bridgehead atoms. The summed E-state index contributed by atoms with van der Waals surface area (Å²) >= 11 is 0.610. The van der Waals surface area contributed by atoms with Crippen molar-refractivity contribution >= 4 is 40.6 Å². The number of anilines is 2. The lowest BCUT2D eigenvalue weighted by atomic mass is 10.0. The SMILES string of the molecule is NC(=O)c1nsc(C(=O)N(c2cccc(F)c2)[C@H](C(=O)NCc2ccc(F)cc2)c2ccc(O)cc2)c1N. The van der Waals surface area contributed by atoms with Gasteiger partial charge in [-0.25, -0.2) is 8.78 Å². The minimum atomic E-state index is -1.39. The summed E-state index contributed by atoms with van der Waals surface area (Å²) in [5.74, 6) is -3.65. The van der Waals surface area contributed by atoms with Crippen molar-refractivity contribution in [2.75, 3.05) is 10.6 Å². The number of aromatic hydroxyl groups is 1. The van der Waals surface area contributed by atoms with Crippen molar-refractivity contribution in [2.24, 2.45) is 5.73 Å². The third kappa shape index (κ3) is 5.60. The third-order valence-corrected chi connectivity index (χ3v) is 6.41. The van der Waals surface area contributed by atoms with Crippen molar-refractivity contribution in [3.8, 4) is 5.75 Å². The van der Waals surface area contributed by atoms with Crippen LogP contribution in [-0.4, -0.2) is 27.2 Å². The molecule has 0 unspecified atom stereocenters. The van der Waals surface area contributed by atoms with Gasteiger partial charge in [-0.1, -0.05) is 30.3 Å². The van der Waals surface area contributed by atoms with Gasteiger partial charge in [0.1, 0.15) is 28.3 Å². The van der Waals surface area contributed by atoms with E-state index in [2.05, 4.69) is 9.69 Å². The molecule has 1 heterocycles. The monoisotopic (exact) mass is 537 g/mol. The minimum Gasteiger partial charge on any atom is -0.508 e. The Kier molecular flexibility index (Phi) is 7.63. The van der Waals surface area contributed by atoms with E-state index in [9.17, 15) is 28.3 Å². The molecule has 0 fully saturated rings. The zero-order valence-corrected chi connectivity index (χ0v) is 20.4. The molecule has 4 rings (SSSR count). The zero-order chi connectivity index (χ0) is 27.4. The van der Waals surface area contributed by atoms with Gasteiger partial charge in [-0.15, -0.1) is 0 Å². The van der Waals surface area contributed by atoms with Gasteiger partial charge in [0.05, 0.1) is 5.69 Å². The summed E-state index contributed by atoms with van der Waals surface area (Å²) in [5, 5.41) is 12.5. The van der Waals surface area contributed by atoms with Crippen molar-refractivity contribution in [1.82, 2.24) is 9.69 Å². The van der Waals surface area contributed by atoms with Crippen LogP contribution in [0.4, 0.5) is 20.2 Å². The van der Waals surface area contributed by atoms with Crippen molar-refractivity contribution in [3.05, 3.63) is 106 Å². The van der Waals surface area contributed by atoms with Crippen LogP contribution in [0, 0.1) is 11.6 Å². The van der Waals surface area contributed by atoms with E-state index < -0.39 is 35.4 Å². The Labute approximate surface area is 219 Å². The van der Waals surface area contributed by atoms with Crippen molar-refractivity contribution < 1.29 is 28.3 Å². The number of hydrogen-bond acceptors (Lipinski definition) is 7. The fourth-order valence-corrected chi connectivity index (χ4v) is 4.45. The first kappa shape index (κ1) is 26.2. The standard InChI is InChI=1S/C26H21F2N5O4S/c27-16-8-4-14(5-9-16)13-31-25(36)22(15-6-10-19(34)11-7-15)33(18-3-1-2-17(28)12-18)26(37)23-20(29)21(24(30)35)32-38-23/h1-12,22,34H,13,29H2,(H2,30,35)(H,31,36)/t22-/m0/s1. The molecule has 0 saturated heterocycles. The number of rotatable bonds is 8. The Hall–Kier alpha value is -4.84. The predicted molar refractivity (Wildman–Crippen MR) is 137 cm³/mol. The second-order valence-electron chi connectivity index (χ2n) is 8.13. The molecule has 4 aromatic rings. The lowest BCUT2D eigenvalue weighted by Gasteiger charge is -2.31. The van der Waals surface area contributed by atoms with E-state index >= 15 is 0 Å². The summed E-state index contributed by atoms with van der Waals surface area (Å²) in [6, 6.07) is 14.6. The Balaban J connectivity index is 1.81. The van der Waals surface area contributed by atoms with Gasteiger partial charge in [0.25, 0.3) is 11.8 Å². The molecule has 38 heavy (non-hydrogen) atoms. The highest BCUT2D eigenvalue weighted by atomic mass is 32.1. The largest absolute Gasteiger partial charge is 0.508 e. The van der Waals surface area contributed by atoms with Crippen LogP contribution in [0.5, 0.6) is 5.75 Å². The molecule has 0 spiro atoms. The van der Waals surface area contributed by atoms with Gasteiger partial charge in [-0.3, -0.25) is 19.3 Å². The molecule has 0 radical (unpaired) electrons. The van der Waals surface area contributed by atoms with Crippen LogP contribution in [0.2, 0.25) is 0 Å². The molecule has 6 N–H and O–H groups in total. The van der Waals surface area contributed by atoms with Crippen LogP contribution in [0.1, 0.15) is 37.3 Å². The summed E-state index contributed by atoms with van der Waals surface area (Å²) in [4.78, 5) is 40.0. The quantitative estimate of drug-likeness (QED) is 0.270. The zero-order valence-electron chi connectivity index (χ0n) is 19.6. The van der Waals surface area contributed by atoms with E-state index in [0.29, 0.717) is 17.1 Å². The van der Waals surface area contributed by atoms with Gasteiger partial charge in [-0.05, 0) is 65.1 Å². The van der Waals surface area contributed by atoms with Gasteiger partial charge < -0.3 is 21.9 Å². The molecule has 0 aliphatic heterocycles. The van der Waals surface area contributed by atoms with Gasteiger partial charge in [0.2, 0.25) is 5.91 Å². The first-order valence-electron chi connectivity index (χ1n) is 11.1. The maximum Gasteiger partial charge on any atom is 0.273 e. The summed E-state index contributed by atoms with van der Waals surface area (Å²) in [6.45, 7) is -0.00655. The van der Waals surface area contributed by atoms with Crippen LogP contribution in [0.25, 0.3) is 0 Å². The Morgan fingerprint density at radius 1 is 1.00 bits per heavy atom. The maximum atomic E-state index is 14.3. The molecule has 0 saturated carbocycles. The van der Waals surface area contributed by atoms with E-state index in [1.165, 1.54) is 66.7 Å². The molecule has 3 amide bonds.